The number of aromatic nitrogens is 1. The number of nitrogens with two attached hydrogens (primary N) is 1. The average Bonchev–Trinajstić information content (AvgIpc) is 2.19. The molecule has 0 spiro atoms. The van der Waals surface area contributed by atoms with Gasteiger partial charge in [0.15, 0.2) is 0 Å². The van der Waals surface area contributed by atoms with E-state index in [9.17, 15) is 0 Å². The van der Waals surface area contributed by atoms with Crippen LogP contribution in [0.15, 0.2) is 30.5 Å². The Kier molecular flexibility index (Phi) is 2.39. The molecule has 0 amide bonds. The van der Waals surface area contributed by atoms with E-state index in [4.69, 9.17) is 5.73 Å². The zero-order valence-electron chi connectivity index (χ0n) is 8.24. The molecule has 2 rings (SSSR count). The van der Waals surface area contributed by atoms with E-state index in [0.29, 0.717) is 5.82 Å². The van der Waals surface area contributed by atoms with Gasteiger partial charge in [-0.05, 0) is 18.9 Å². The Bertz CT molecular complexity index is 336. The quantitative estimate of drug-likeness (QED) is 0.685. The van der Waals surface area contributed by atoms with Crippen LogP contribution in [0.2, 0.25) is 0 Å². The molecule has 0 bridgehead atoms. The van der Waals surface area contributed by atoms with Crippen molar-refractivity contribution >= 4 is 11.5 Å². The van der Waals surface area contributed by atoms with Crippen LogP contribution in [0.1, 0.15) is 12.8 Å². The first-order valence-electron chi connectivity index (χ1n) is 4.89. The highest BCUT2D eigenvalue weighted by Crippen LogP contribution is 2.22. The third kappa shape index (κ3) is 1.87. The van der Waals surface area contributed by atoms with E-state index in [0.717, 1.165) is 25.9 Å². The Morgan fingerprint density at radius 3 is 2.71 bits per heavy atom. The summed E-state index contributed by atoms with van der Waals surface area (Å²) in [5.74, 6) is 0.590. The van der Waals surface area contributed by atoms with Crippen LogP contribution < -0.4 is 10.6 Å². The Hall–Kier alpha value is -1.51. The zero-order valence-corrected chi connectivity index (χ0v) is 8.24. The first kappa shape index (κ1) is 9.06. The summed E-state index contributed by atoms with van der Waals surface area (Å²) in [5.41, 5.74) is 8.16. The van der Waals surface area contributed by atoms with Gasteiger partial charge in [0, 0.05) is 31.0 Å². The fourth-order valence-electron chi connectivity index (χ4n) is 1.71. The fraction of sp³-hybridized carbons (Fsp3) is 0.364. The molecule has 0 saturated carbocycles. The topological polar surface area (TPSA) is 42.2 Å². The number of nitrogens with zero attached hydrogens (tertiary/aromatic N) is 2. The molecule has 1 fully saturated rings. The average molecular weight is 189 g/mol. The maximum Gasteiger partial charge on any atom is 0.125 e. The minimum absolute atomic E-state index is 0.590. The first-order chi connectivity index (χ1) is 6.75. The third-order valence-corrected chi connectivity index (χ3v) is 2.60. The van der Waals surface area contributed by atoms with Crippen molar-refractivity contribution in [3.63, 3.8) is 0 Å². The van der Waals surface area contributed by atoms with Gasteiger partial charge >= 0.3 is 0 Å². The van der Waals surface area contributed by atoms with Crippen LogP contribution in [0, 0.1) is 0 Å². The molecule has 3 heteroatoms. The van der Waals surface area contributed by atoms with Gasteiger partial charge in [-0.15, -0.1) is 0 Å². The van der Waals surface area contributed by atoms with Crippen LogP contribution in [0.3, 0.4) is 0 Å². The second-order valence-electron chi connectivity index (χ2n) is 3.68. The van der Waals surface area contributed by atoms with Gasteiger partial charge in [0.25, 0.3) is 0 Å². The van der Waals surface area contributed by atoms with Crippen molar-refractivity contribution in [1.29, 1.82) is 0 Å². The van der Waals surface area contributed by atoms with Gasteiger partial charge in [-0.1, -0.05) is 12.2 Å². The monoisotopic (exact) mass is 189 g/mol. The number of rotatable bonds is 1. The highest BCUT2D eigenvalue weighted by Gasteiger charge is 2.12. The maximum atomic E-state index is 5.64. The second-order valence-corrected chi connectivity index (χ2v) is 3.68. The van der Waals surface area contributed by atoms with E-state index in [1.807, 2.05) is 12.1 Å². The SMILES string of the molecule is C=C1CCN(c2ccnc(N)c2)CC1. The Labute approximate surface area is 84.2 Å². The van der Waals surface area contributed by atoms with Crippen molar-refractivity contribution in [2.75, 3.05) is 23.7 Å². The Morgan fingerprint density at radius 2 is 2.07 bits per heavy atom. The van der Waals surface area contributed by atoms with Gasteiger partial charge in [0.05, 0.1) is 0 Å². The van der Waals surface area contributed by atoms with Gasteiger partial charge in [0.2, 0.25) is 0 Å². The molecular weight excluding hydrogens is 174 g/mol. The number of pyridine rings is 1. The highest BCUT2D eigenvalue weighted by atomic mass is 15.1. The summed E-state index contributed by atoms with van der Waals surface area (Å²) in [5, 5.41) is 0. The molecule has 0 unspecified atom stereocenters. The normalized spacial score (nSPS) is 17.1. The summed E-state index contributed by atoms with van der Waals surface area (Å²) in [6.07, 6.45) is 3.93. The first-order valence-corrected chi connectivity index (χ1v) is 4.89. The number of nitrogen functional groups attached to an aromatic ring is 1. The van der Waals surface area contributed by atoms with Crippen molar-refractivity contribution < 1.29 is 0 Å². The van der Waals surface area contributed by atoms with Crippen molar-refractivity contribution in [2.24, 2.45) is 0 Å². The van der Waals surface area contributed by atoms with E-state index in [2.05, 4.69) is 16.5 Å². The predicted molar refractivity (Wildman–Crippen MR) is 59.2 cm³/mol. The van der Waals surface area contributed by atoms with Crippen LogP contribution >= 0.6 is 0 Å². The smallest absolute Gasteiger partial charge is 0.125 e. The molecule has 74 valence electrons. The fourth-order valence-corrected chi connectivity index (χ4v) is 1.71. The molecule has 1 aromatic heterocycles. The van der Waals surface area contributed by atoms with Crippen molar-refractivity contribution in [3.05, 3.63) is 30.5 Å². The molecule has 14 heavy (non-hydrogen) atoms. The number of hydrogen-bond donors (Lipinski definition) is 1. The molecule has 1 aliphatic heterocycles. The molecule has 3 nitrogen and oxygen atoms in total. The summed E-state index contributed by atoms with van der Waals surface area (Å²) >= 11 is 0. The van der Waals surface area contributed by atoms with Crippen molar-refractivity contribution in [2.45, 2.75) is 12.8 Å². The van der Waals surface area contributed by atoms with E-state index >= 15 is 0 Å². The lowest BCUT2D eigenvalue weighted by Gasteiger charge is -2.29. The molecular formula is C11H15N3. The van der Waals surface area contributed by atoms with Gasteiger partial charge in [-0.25, -0.2) is 4.98 Å². The van der Waals surface area contributed by atoms with Crippen LogP contribution in [-0.4, -0.2) is 18.1 Å². The van der Waals surface area contributed by atoms with E-state index < -0.39 is 0 Å². The molecule has 1 saturated heterocycles. The maximum absolute atomic E-state index is 5.64. The second kappa shape index (κ2) is 3.70. The lowest BCUT2D eigenvalue weighted by Crippen LogP contribution is -2.30. The van der Waals surface area contributed by atoms with Crippen molar-refractivity contribution in [1.82, 2.24) is 4.98 Å². The van der Waals surface area contributed by atoms with Crippen LogP contribution in [0.4, 0.5) is 11.5 Å². The lowest BCUT2D eigenvalue weighted by molar-refractivity contribution is 0.687. The third-order valence-electron chi connectivity index (χ3n) is 2.60. The van der Waals surface area contributed by atoms with Crippen LogP contribution in [0.25, 0.3) is 0 Å². The standard InChI is InChI=1S/C11H15N3/c1-9-3-6-14(7-4-9)10-2-5-13-11(12)8-10/h2,5,8H,1,3-4,6-7H2,(H2,12,13). The lowest BCUT2D eigenvalue weighted by atomic mass is 10.1. The predicted octanol–water partition coefficient (Wildman–Crippen LogP) is 1.82. The van der Waals surface area contributed by atoms with Gasteiger partial charge in [-0.3, -0.25) is 0 Å². The molecule has 0 radical (unpaired) electrons. The van der Waals surface area contributed by atoms with E-state index in [-0.39, 0.29) is 0 Å². The van der Waals surface area contributed by atoms with E-state index in [1.165, 1.54) is 11.3 Å². The summed E-state index contributed by atoms with van der Waals surface area (Å²) in [4.78, 5) is 6.31. The molecule has 0 aromatic carbocycles. The van der Waals surface area contributed by atoms with Crippen LogP contribution in [0.5, 0.6) is 0 Å². The summed E-state index contributed by atoms with van der Waals surface area (Å²) < 4.78 is 0. The van der Waals surface area contributed by atoms with E-state index in [1.54, 1.807) is 6.20 Å². The minimum Gasteiger partial charge on any atom is -0.384 e. The molecule has 1 aromatic rings. The Morgan fingerprint density at radius 1 is 1.36 bits per heavy atom. The summed E-state index contributed by atoms with van der Waals surface area (Å²) in [6.45, 7) is 6.08. The summed E-state index contributed by atoms with van der Waals surface area (Å²) in [7, 11) is 0. The van der Waals surface area contributed by atoms with Gasteiger partial charge in [0.1, 0.15) is 5.82 Å². The largest absolute Gasteiger partial charge is 0.384 e. The minimum atomic E-state index is 0.590. The van der Waals surface area contributed by atoms with Crippen LogP contribution in [-0.2, 0) is 0 Å². The number of piperidine rings is 1. The molecule has 2 heterocycles. The molecule has 0 aliphatic carbocycles. The molecule has 0 atom stereocenters. The van der Waals surface area contributed by atoms with Crippen molar-refractivity contribution in [3.8, 4) is 0 Å². The van der Waals surface area contributed by atoms with Gasteiger partial charge in [-0.2, -0.15) is 0 Å². The number of anilines is 2. The number of hydrogen-bond acceptors (Lipinski definition) is 3. The highest BCUT2D eigenvalue weighted by molar-refractivity contribution is 5.52. The molecule has 2 N–H and O–H groups in total. The molecule has 1 aliphatic rings. The zero-order chi connectivity index (χ0) is 9.97. The van der Waals surface area contributed by atoms with Gasteiger partial charge < -0.3 is 10.6 Å². The summed E-state index contributed by atoms with van der Waals surface area (Å²) in [6, 6.07) is 3.93. The Balaban J connectivity index is 2.12.